The first kappa shape index (κ1) is 28.7. The molecule has 1 rings (SSSR count). The molecule has 0 spiro atoms. The molecule has 1 amide bonds. The second kappa shape index (κ2) is 16.3. The van der Waals surface area contributed by atoms with Crippen LogP contribution < -0.4 is 5.32 Å². The van der Waals surface area contributed by atoms with Gasteiger partial charge >= 0.3 is 0 Å². The Morgan fingerprint density at radius 1 is 1.03 bits per heavy atom. The zero-order valence-electron chi connectivity index (χ0n) is 19.2. The number of unbranched alkanes of at least 4 members (excludes halogenated alkanes) is 3. The predicted molar refractivity (Wildman–Crippen MR) is 120 cm³/mol. The van der Waals surface area contributed by atoms with E-state index in [0.29, 0.717) is 12.8 Å². The van der Waals surface area contributed by atoms with Crippen LogP contribution in [0, 0.1) is 0 Å². The number of aliphatic hydroxyl groups excluding tert-OH is 5. The first-order chi connectivity index (χ1) is 15.3. The van der Waals surface area contributed by atoms with Crippen molar-refractivity contribution < 1.29 is 39.8 Å². The average molecular weight is 460 g/mol. The van der Waals surface area contributed by atoms with Crippen molar-refractivity contribution in [1.29, 1.82) is 0 Å². The molecule has 1 saturated heterocycles. The molecule has 0 bridgehead atoms. The first-order valence-corrected chi connectivity index (χ1v) is 11.6. The molecule has 1 fully saturated rings. The van der Waals surface area contributed by atoms with Crippen LogP contribution in [0.2, 0.25) is 0 Å². The minimum Gasteiger partial charge on any atom is -0.394 e. The van der Waals surface area contributed by atoms with E-state index in [1.165, 1.54) is 0 Å². The van der Waals surface area contributed by atoms with Gasteiger partial charge in [-0.25, -0.2) is 0 Å². The monoisotopic (exact) mass is 459 g/mol. The van der Waals surface area contributed by atoms with Crippen LogP contribution in [0.3, 0.4) is 0 Å². The highest BCUT2D eigenvalue weighted by atomic mass is 16.7. The SMILES string of the molecule is CCC/C=C/CC/C=C/C(O)C(COC1OC(CO)C(O)C(O)C1O)NC(=O)CCCC. The van der Waals surface area contributed by atoms with Crippen molar-refractivity contribution in [3.63, 3.8) is 0 Å². The molecule has 0 radical (unpaired) electrons. The summed E-state index contributed by atoms with van der Waals surface area (Å²) in [5, 5.41) is 52.5. The number of hydrogen-bond donors (Lipinski definition) is 6. The molecule has 9 nitrogen and oxygen atoms in total. The van der Waals surface area contributed by atoms with Crippen molar-refractivity contribution in [3.8, 4) is 0 Å². The highest BCUT2D eigenvalue weighted by Crippen LogP contribution is 2.22. The fraction of sp³-hybridized carbons (Fsp3) is 0.783. The molecule has 32 heavy (non-hydrogen) atoms. The second-order valence-electron chi connectivity index (χ2n) is 8.06. The number of amides is 1. The summed E-state index contributed by atoms with van der Waals surface area (Å²) in [5.74, 6) is -0.232. The number of aliphatic hydroxyl groups is 5. The van der Waals surface area contributed by atoms with Gasteiger partial charge < -0.3 is 40.3 Å². The molecule has 0 aromatic rings. The van der Waals surface area contributed by atoms with E-state index < -0.39 is 49.5 Å². The predicted octanol–water partition coefficient (Wildman–Crippen LogP) is 0.531. The summed E-state index contributed by atoms with van der Waals surface area (Å²) in [7, 11) is 0. The van der Waals surface area contributed by atoms with Gasteiger partial charge in [0.2, 0.25) is 5.91 Å². The highest BCUT2D eigenvalue weighted by Gasteiger charge is 2.44. The number of rotatable bonds is 15. The lowest BCUT2D eigenvalue weighted by atomic mass is 9.99. The number of carbonyl (C=O) groups is 1. The number of allylic oxidation sites excluding steroid dienone is 3. The van der Waals surface area contributed by atoms with Crippen LogP contribution in [-0.4, -0.2) is 87.5 Å². The normalized spacial score (nSPS) is 28.3. The van der Waals surface area contributed by atoms with Crippen LogP contribution in [0.1, 0.15) is 58.8 Å². The third-order valence-electron chi connectivity index (χ3n) is 5.26. The van der Waals surface area contributed by atoms with Gasteiger partial charge in [0.15, 0.2) is 6.29 Å². The van der Waals surface area contributed by atoms with Crippen molar-refractivity contribution in [3.05, 3.63) is 24.3 Å². The third-order valence-corrected chi connectivity index (χ3v) is 5.26. The molecule has 1 aliphatic rings. The van der Waals surface area contributed by atoms with E-state index in [0.717, 1.165) is 32.1 Å². The van der Waals surface area contributed by atoms with E-state index >= 15 is 0 Å². The Kier molecular flexibility index (Phi) is 14.6. The van der Waals surface area contributed by atoms with E-state index in [4.69, 9.17) is 9.47 Å². The van der Waals surface area contributed by atoms with Crippen molar-refractivity contribution in [2.24, 2.45) is 0 Å². The Balaban J connectivity index is 2.70. The minimum absolute atomic E-state index is 0.206. The molecule has 0 aromatic carbocycles. The first-order valence-electron chi connectivity index (χ1n) is 11.6. The maximum absolute atomic E-state index is 12.2. The standard InChI is InChI=1S/C23H41NO8/c1-3-5-7-8-9-10-11-12-17(26)16(24-19(27)13-6-4-2)15-31-23-22(30)21(29)20(28)18(14-25)32-23/h7-8,11-12,16-18,20-23,25-26,28-30H,3-6,9-10,13-15H2,1-2H3,(H,24,27)/b8-7+,12-11+. The summed E-state index contributed by atoms with van der Waals surface area (Å²) in [6, 6.07) is -0.807. The average Bonchev–Trinajstić information content (AvgIpc) is 2.79. The van der Waals surface area contributed by atoms with E-state index in [1.807, 2.05) is 13.0 Å². The lowest BCUT2D eigenvalue weighted by molar-refractivity contribution is -0.302. The second-order valence-corrected chi connectivity index (χ2v) is 8.06. The summed E-state index contributed by atoms with van der Waals surface area (Å²) in [6.45, 7) is 3.31. The molecule has 0 saturated carbocycles. The van der Waals surface area contributed by atoms with Crippen molar-refractivity contribution in [1.82, 2.24) is 5.32 Å². The summed E-state index contributed by atoms with van der Waals surface area (Å²) in [4.78, 5) is 12.2. The molecule has 7 unspecified atom stereocenters. The van der Waals surface area contributed by atoms with Crippen LogP contribution in [0.25, 0.3) is 0 Å². The minimum atomic E-state index is -1.56. The number of hydrogen-bond acceptors (Lipinski definition) is 8. The van der Waals surface area contributed by atoms with Gasteiger partial charge in [0, 0.05) is 6.42 Å². The number of carbonyl (C=O) groups excluding carboxylic acids is 1. The zero-order valence-corrected chi connectivity index (χ0v) is 19.2. The molecule has 0 aromatic heterocycles. The van der Waals surface area contributed by atoms with Crippen LogP contribution in [0.4, 0.5) is 0 Å². The summed E-state index contributed by atoms with van der Waals surface area (Å²) >= 11 is 0. The van der Waals surface area contributed by atoms with Crippen molar-refractivity contribution >= 4 is 5.91 Å². The Bertz CT molecular complexity index is 568. The van der Waals surface area contributed by atoms with Gasteiger partial charge in [0.25, 0.3) is 0 Å². The van der Waals surface area contributed by atoms with Gasteiger partial charge in [-0.05, 0) is 25.7 Å². The van der Waals surface area contributed by atoms with Gasteiger partial charge in [0.05, 0.1) is 25.4 Å². The lowest BCUT2D eigenvalue weighted by Crippen LogP contribution is -2.60. The molecule has 6 N–H and O–H groups in total. The van der Waals surface area contributed by atoms with Crippen molar-refractivity contribution in [2.75, 3.05) is 13.2 Å². The smallest absolute Gasteiger partial charge is 0.220 e. The molecule has 9 heteroatoms. The van der Waals surface area contributed by atoms with Crippen LogP contribution >= 0.6 is 0 Å². The lowest BCUT2D eigenvalue weighted by Gasteiger charge is -2.40. The Hall–Kier alpha value is -1.33. The summed E-state index contributed by atoms with van der Waals surface area (Å²) < 4.78 is 10.9. The maximum Gasteiger partial charge on any atom is 0.220 e. The summed E-state index contributed by atoms with van der Waals surface area (Å²) in [5.41, 5.74) is 0. The van der Waals surface area contributed by atoms with Crippen LogP contribution in [0.15, 0.2) is 24.3 Å². The molecule has 186 valence electrons. The molecule has 1 aliphatic heterocycles. The maximum atomic E-state index is 12.2. The largest absolute Gasteiger partial charge is 0.394 e. The number of ether oxygens (including phenoxy) is 2. The summed E-state index contributed by atoms with van der Waals surface area (Å²) in [6.07, 6.45) is 5.16. The highest BCUT2D eigenvalue weighted by molar-refractivity contribution is 5.76. The Labute approximate surface area is 190 Å². The van der Waals surface area contributed by atoms with Crippen LogP contribution in [0.5, 0.6) is 0 Å². The fourth-order valence-electron chi connectivity index (χ4n) is 3.21. The fourth-order valence-corrected chi connectivity index (χ4v) is 3.21. The topological polar surface area (TPSA) is 149 Å². The van der Waals surface area contributed by atoms with Crippen LogP contribution in [-0.2, 0) is 14.3 Å². The van der Waals surface area contributed by atoms with E-state index in [9.17, 15) is 30.3 Å². The molecule has 1 heterocycles. The molecular formula is C23H41NO8. The van der Waals surface area contributed by atoms with Crippen molar-refractivity contribution in [2.45, 2.75) is 102 Å². The van der Waals surface area contributed by atoms with Gasteiger partial charge in [-0.3, -0.25) is 4.79 Å². The van der Waals surface area contributed by atoms with Gasteiger partial charge in [-0.2, -0.15) is 0 Å². The zero-order chi connectivity index (χ0) is 23.9. The molecular weight excluding hydrogens is 418 g/mol. The Morgan fingerprint density at radius 2 is 1.72 bits per heavy atom. The number of nitrogens with one attached hydrogen (secondary N) is 1. The third kappa shape index (κ3) is 10.1. The van der Waals surface area contributed by atoms with Gasteiger partial charge in [0.1, 0.15) is 24.4 Å². The molecule has 7 atom stereocenters. The Morgan fingerprint density at radius 3 is 2.38 bits per heavy atom. The van der Waals surface area contributed by atoms with Gasteiger partial charge in [-0.1, -0.05) is 51.0 Å². The quantitative estimate of drug-likeness (QED) is 0.153. The van der Waals surface area contributed by atoms with E-state index in [-0.39, 0.29) is 12.5 Å². The van der Waals surface area contributed by atoms with Gasteiger partial charge in [-0.15, -0.1) is 0 Å². The van der Waals surface area contributed by atoms with E-state index in [2.05, 4.69) is 24.4 Å². The molecule has 0 aliphatic carbocycles. The van der Waals surface area contributed by atoms with E-state index in [1.54, 1.807) is 6.08 Å².